The fraction of sp³-hybridized carbons (Fsp3) is 0.667. The van der Waals surface area contributed by atoms with Crippen LogP contribution in [-0.4, -0.2) is 53.0 Å². The summed E-state index contributed by atoms with van der Waals surface area (Å²) in [6.07, 6.45) is 4.02. The highest BCUT2D eigenvalue weighted by molar-refractivity contribution is 7.09. The van der Waals surface area contributed by atoms with Crippen molar-refractivity contribution in [2.24, 2.45) is 0 Å². The van der Waals surface area contributed by atoms with Crippen LogP contribution in [0.1, 0.15) is 17.7 Å². The summed E-state index contributed by atoms with van der Waals surface area (Å²) in [6, 6.07) is 0.639. The summed E-state index contributed by atoms with van der Waals surface area (Å²) in [5, 5.41) is 3.34. The molecule has 0 aromatic carbocycles. The highest BCUT2D eigenvalue weighted by Gasteiger charge is 2.34. The van der Waals surface area contributed by atoms with Gasteiger partial charge in [-0.25, -0.2) is 4.79 Å². The van der Waals surface area contributed by atoms with E-state index in [0.29, 0.717) is 12.6 Å². The molecule has 5 nitrogen and oxygen atoms in total. The van der Waals surface area contributed by atoms with E-state index in [-0.39, 0.29) is 6.03 Å². The van der Waals surface area contributed by atoms with Crippen molar-refractivity contribution >= 4 is 17.4 Å². The Morgan fingerprint density at radius 2 is 2.22 bits per heavy atom. The summed E-state index contributed by atoms with van der Waals surface area (Å²) in [7, 11) is 0. The highest BCUT2D eigenvalue weighted by Crippen LogP contribution is 2.21. The second-order valence-electron chi connectivity index (χ2n) is 4.85. The number of thiazole rings is 1. The number of piperidine rings is 1. The molecule has 0 unspecified atom stereocenters. The SMILES string of the molecule is O=C1N(Cc2cncs2)CCN1C1CCNCC1. The van der Waals surface area contributed by atoms with Gasteiger partial charge in [-0.05, 0) is 25.9 Å². The van der Waals surface area contributed by atoms with Gasteiger partial charge in [0, 0.05) is 30.2 Å². The molecule has 2 fully saturated rings. The van der Waals surface area contributed by atoms with Crippen LogP contribution in [-0.2, 0) is 6.54 Å². The van der Waals surface area contributed by atoms with Gasteiger partial charge >= 0.3 is 6.03 Å². The fourth-order valence-electron chi connectivity index (χ4n) is 2.71. The summed E-state index contributed by atoms with van der Waals surface area (Å²) in [5.74, 6) is 0. The monoisotopic (exact) mass is 266 g/mol. The number of aromatic nitrogens is 1. The third kappa shape index (κ3) is 2.35. The molecule has 2 aliphatic rings. The van der Waals surface area contributed by atoms with Gasteiger partial charge in [0.05, 0.1) is 12.1 Å². The number of nitrogens with one attached hydrogen (secondary N) is 1. The number of amides is 2. The Balaban J connectivity index is 1.61. The zero-order valence-corrected chi connectivity index (χ0v) is 11.2. The molecule has 2 aliphatic heterocycles. The maximum absolute atomic E-state index is 12.3. The van der Waals surface area contributed by atoms with Crippen molar-refractivity contribution in [1.82, 2.24) is 20.1 Å². The Kier molecular flexibility index (Phi) is 3.47. The molecule has 0 spiro atoms. The van der Waals surface area contributed by atoms with Crippen molar-refractivity contribution in [1.29, 1.82) is 0 Å². The predicted octanol–water partition coefficient (Wildman–Crippen LogP) is 1.13. The van der Waals surface area contributed by atoms with Gasteiger partial charge in [-0.15, -0.1) is 11.3 Å². The molecule has 1 aromatic heterocycles. The normalized spacial score (nSPS) is 21.9. The van der Waals surface area contributed by atoms with E-state index < -0.39 is 0 Å². The Hall–Kier alpha value is -1.14. The van der Waals surface area contributed by atoms with Gasteiger partial charge in [0.1, 0.15) is 0 Å². The molecule has 0 radical (unpaired) electrons. The Bertz CT molecular complexity index is 402. The number of hydrogen-bond donors (Lipinski definition) is 1. The number of rotatable bonds is 3. The molecular formula is C12H18N4OS. The Labute approximate surface area is 111 Å². The van der Waals surface area contributed by atoms with E-state index in [1.165, 1.54) is 0 Å². The summed E-state index contributed by atoms with van der Waals surface area (Å²) in [4.78, 5) is 21.6. The molecule has 18 heavy (non-hydrogen) atoms. The van der Waals surface area contributed by atoms with Crippen LogP contribution in [0.4, 0.5) is 4.79 Å². The zero-order valence-electron chi connectivity index (χ0n) is 10.3. The minimum Gasteiger partial charge on any atom is -0.320 e. The Morgan fingerprint density at radius 3 is 2.94 bits per heavy atom. The second kappa shape index (κ2) is 5.24. The van der Waals surface area contributed by atoms with Crippen LogP contribution in [0.5, 0.6) is 0 Å². The lowest BCUT2D eigenvalue weighted by Gasteiger charge is -2.31. The van der Waals surface area contributed by atoms with E-state index in [4.69, 9.17) is 0 Å². The number of carbonyl (C=O) groups excluding carboxylic acids is 1. The first-order valence-electron chi connectivity index (χ1n) is 6.48. The molecule has 98 valence electrons. The third-order valence-electron chi connectivity index (χ3n) is 3.71. The molecule has 1 N–H and O–H groups in total. The Morgan fingerprint density at radius 1 is 1.39 bits per heavy atom. The predicted molar refractivity (Wildman–Crippen MR) is 70.5 cm³/mol. The number of hydrogen-bond acceptors (Lipinski definition) is 4. The van der Waals surface area contributed by atoms with E-state index in [9.17, 15) is 4.79 Å². The fourth-order valence-corrected chi connectivity index (χ4v) is 3.32. The summed E-state index contributed by atoms with van der Waals surface area (Å²) in [6.45, 7) is 4.50. The molecule has 3 heterocycles. The molecule has 6 heteroatoms. The van der Waals surface area contributed by atoms with Crippen molar-refractivity contribution in [2.45, 2.75) is 25.4 Å². The molecule has 2 amide bonds. The quantitative estimate of drug-likeness (QED) is 0.892. The van der Waals surface area contributed by atoms with E-state index in [1.54, 1.807) is 11.3 Å². The summed E-state index contributed by atoms with van der Waals surface area (Å²) in [5.41, 5.74) is 1.82. The largest absolute Gasteiger partial charge is 0.320 e. The van der Waals surface area contributed by atoms with Crippen LogP contribution in [0.25, 0.3) is 0 Å². The minimum absolute atomic E-state index is 0.204. The topological polar surface area (TPSA) is 48.5 Å². The number of nitrogens with zero attached hydrogens (tertiary/aromatic N) is 3. The molecule has 0 aliphatic carbocycles. The third-order valence-corrected chi connectivity index (χ3v) is 4.47. The van der Waals surface area contributed by atoms with Gasteiger partial charge in [0.2, 0.25) is 0 Å². The van der Waals surface area contributed by atoms with Crippen molar-refractivity contribution in [3.05, 3.63) is 16.6 Å². The van der Waals surface area contributed by atoms with Gasteiger partial charge in [-0.3, -0.25) is 4.98 Å². The van der Waals surface area contributed by atoms with Crippen LogP contribution < -0.4 is 5.32 Å². The molecule has 0 bridgehead atoms. The molecule has 0 atom stereocenters. The molecule has 3 rings (SSSR count). The summed E-state index contributed by atoms with van der Waals surface area (Å²) < 4.78 is 0. The van der Waals surface area contributed by atoms with Crippen LogP contribution >= 0.6 is 11.3 Å². The first-order chi connectivity index (χ1) is 8.84. The van der Waals surface area contributed by atoms with E-state index in [2.05, 4.69) is 15.2 Å². The smallest absolute Gasteiger partial charge is 0.320 e. The molecule has 0 saturated carbocycles. The van der Waals surface area contributed by atoms with Crippen LogP contribution in [0.3, 0.4) is 0 Å². The molecule has 2 saturated heterocycles. The zero-order chi connectivity index (χ0) is 12.4. The van der Waals surface area contributed by atoms with Crippen LogP contribution in [0.2, 0.25) is 0 Å². The lowest BCUT2D eigenvalue weighted by atomic mass is 10.1. The van der Waals surface area contributed by atoms with Crippen LogP contribution in [0.15, 0.2) is 11.7 Å². The van der Waals surface area contributed by atoms with E-state index in [0.717, 1.165) is 43.9 Å². The number of urea groups is 1. The first-order valence-corrected chi connectivity index (χ1v) is 7.36. The molecule has 1 aromatic rings. The van der Waals surface area contributed by atoms with Gasteiger partial charge in [0.25, 0.3) is 0 Å². The second-order valence-corrected chi connectivity index (χ2v) is 5.82. The lowest BCUT2D eigenvalue weighted by molar-refractivity contribution is 0.165. The average Bonchev–Trinajstić information content (AvgIpc) is 3.03. The summed E-state index contributed by atoms with van der Waals surface area (Å²) >= 11 is 1.62. The maximum Gasteiger partial charge on any atom is 0.320 e. The van der Waals surface area contributed by atoms with Gasteiger partial charge in [-0.2, -0.15) is 0 Å². The van der Waals surface area contributed by atoms with E-state index >= 15 is 0 Å². The van der Waals surface area contributed by atoms with Crippen molar-refractivity contribution in [3.8, 4) is 0 Å². The standard InChI is InChI=1S/C12H18N4OS/c17-12-15(8-11-7-14-9-18-11)5-6-16(12)10-1-3-13-4-2-10/h7,9-10,13H,1-6,8H2. The number of carbonyl (C=O) groups is 1. The van der Waals surface area contributed by atoms with Crippen molar-refractivity contribution < 1.29 is 4.79 Å². The van der Waals surface area contributed by atoms with Crippen molar-refractivity contribution in [3.63, 3.8) is 0 Å². The van der Waals surface area contributed by atoms with E-state index in [1.807, 2.05) is 16.6 Å². The average molecular weight is 266 g/mol. The first kappa shape index (κ1) is 11.9. The van der Waals surface area contributed by atoms with Crippen LogP contribution in [0, 0.1) is 0 Å². The van der Waals surface area contributed by atoms with Gasteiger partial charge in [0.15, 0.2) is 0 Å². The molecular weight excluding hydrogens is 248 g/mol. The van der Waals surface area contributed by atoms with Gasteiger partial charge in [-0.1, -0.05) is 0 Å². The maximum atomic E-state index is 12.3. The lowest BCUT2D eigenvalue weighted by Crippen LogP contribution is -2.45. The highest BCUT2D eigenvalue weighted by atomic mass is 32.1. The van der Waals surface area contributed by atoms with Gasteiger partial charge < -0.3 is 15.1 Å². The van der Waals surface area contributed by atoms with Crippen molar-refractivity contribution in [2.75, 3.05) is 26.2 Å². The minimum atomic E-state index is 0.204.